The van der Waals surface area contributed by atoms with Crippen LogP contribution in [0.1, 0.15) is 31.2 Å². The van der Waals surface area contributed by atoms with Gasteiger partial charge in [-0.25, -0.2) is 0 Å². The molecule has 32 heavy (non-hydrogen) atoms. The lowest BCUT2D eigenvalue weighted by Crippen LogP contribution is -2.47. The summed E-state index contributed by atoms with van der Waals surface area (Å²) in [4.78, 5) is 4.77. The van der Waals surface area contributed by atoms with E-state index in [1.165, 1.54) is 18.4 Å². The SMILES string of the molecule is COc1cc(CN2CCNCC2)ccc1OCC(O)CN1CCC2(CCCO2)CC1.Cl.Cl. The molecule has 184 valence electrons. The van der Waals surface area contributed by atoms with E-state index in [9.17, 15) is 5.11 Å². The lowest BCUT2D eigenvalue weighted by atomic mass is 9.88. The highest BCUT2D eigenvalue weighted by Gasteiger charge is 2.38. The standard InChI is InChI=1S/C23H37N3O4.2ClH/c1-28-22-15-19(16-26-12-8-24-9-13-26)3-4-21(22)29-18-20(27)17-25-10-6-23(7-11-25)5-2-14-30-23;;/h3-4,15,20,24,27H,2,5-14,16-18H2,1H3;2*1H. The van der Waals surface area contributed by atoms with Crippen LogP contribution < -0.4 is 14.8 Å². The van der Waals surface area contributed by atoms with E-state index in [0.29, 0.717) is 12.3 Å². The van der Waals surface area contributed by atoms with Crippen LogP contribution in [0.4, 0.5) is 0 Å². The minimum atomic E-state index is -0.520. The van der Waals surface area contributed by atoms with Crippen LogP contribution in [-0.4, -0.2) is 92.7 Å². The van der Waals surface area contributed by atoms with Crippen molar-refractivity contribution in [2.75, 3.05) is 66.1 Å². The van der Waals surface area contributed by atoms with Gasteiger partial charge in [0.15, 0.2) is 11.5 Å². The first-order chi connectivity index (χ1) is 14.7. The Morgan fingerprint density at radius 1 is 1.06 bits per heavy atom. The molecule has 0 saturated carbocycles. The van der Waals surface area contributed by atoms with Gasteiger partial charge in [0, 0.05) is 59.0 Å². The second-order valence-electron chi connectivity index (χ2n) is 8.91. The van der Waals surface area contributed by atoms with Gasteiger partial charge in [0.1, 0.15) is 12.7 Å². The largest absolute Gasteiger partial charge is 0.493 e. The molecule has 3 aliphatic rings. The predicted molar refractivity (Wildman–Crippen MR) is 131 cm³/mol. The molecular weight excluding hydrogens is 453 g/mol. The van der Waals surface area contributed by atoms with Crippen LogP contribution >= 0.6 is 24.8 Å². The van der Waals surface area contributed by atoms with E-state index in [2.05, 4.69) is 27.2 Å². The molecule has 9 heteroatoms. The summed E-state index contributed by atoms with van der Waals surface area (Å²) in [5.74, 6) is 1.42. The molecule has 3 heterocycles. The molecule has 1 aromatic carbocycles. The minimum Gasteiger partial charge on any atom is -0.493 e. The monoisotopic (exact) mass is 491 g/mol. The maximum atomic E-state index is 10.5. The molecular formula is C23H39Cl2N3O4. The molecule has 0 aromatic heterocycles. The first-order valence-electron chi connectivity index (χ1n) is 11.4. The van der Waals surface area contributed by atoms with Gasteiger partial charge in [-0.2, -0.15) is 0 Å². The quantitative estimate of drug-likeness (QED) is 0.578. The number of halogens is 2. The van der Waals surface area contributed by atoms with E-state index >= 15 is 0 Å². The van der Waals surface area contributed by atoms with E-state index in [-0.39, 0.29) is 37.0 Å². The fourth-order valence-corrected chi connectivity index (χ4v) is 4.89. The van der Waals surface area contributed by atoms with Crippen LogP contribution in [0, 0.1) is 0 Å². The number of piperazine rings is 1. The highest BCUT2D eigenvalue weighted by Crippen LogP contribution is 2.35. The number of aliphatic hydroxyl groups is 1. The number of rotatable bonds is 8. The third-order valence-electron chi connectivity index (χ3n) is 6.70. The van der Waals surface area contributed by atoms with Gasteiger partial charge in [-0.15, -0.1) is 24.8 Å². The number of aliphatic hydroxyl groups excluding tert-OH is 1. The Morgan fingerprint density at radius 3 is 2.47 bits per heavy atom. The number of nitrogens with zero attached hydrogens (tertiary/aromatic N) is 2. The van der Waals surface area contributed by atoms with Crippen molar-refractivity contribution in [3.8, 4) is 11.5 Å². The van der Waals surface area contributed by atoms with Crippen molar-refractivity contribution >= 4 is 24.8 Å². The first-order valence-corrected chi connectivity index (χ1v) is 11.4. The first kappa shape index (κ1) is 27.4. The molecule has 0 radical (unpaired) electrons. The molecule has 7 nitrogen and oxygen atoms in total. The number of benzene rings is 1. The van der Waals surface area contributed by atoms with Crippen LogP contribution in [0.2, 0.25) is 0 Å². The summed E-state index contributed by atoms with van der Waals surface area (Å²) in [6.07, 6.45) is 4.00. The smallest absolute Gasteiger partial charge is 0.161 e. The van der Waals surface area contributed by atoms with Crippen molar-refractivity contribution in [3.63, 3.8) is 0 Å². The fraction of sp³-hybridized carbons (Fsp3) is 0.739. The summed E-state index contributed by atoms with van der Waals surface area (Å²) < 4.78 is 17.5. The Balaban J connectivity index is 0.00000181. The molecule has 3 aliphatic heterocycles. The van der Waals surface area contributed by atoms with E-state index in [1.54, 1.807) is 7.11 Å². The molecule has 4 rings (SSSR count). The lowest BCUT2D eigenvalue weighted by Gasteiger charge is -2.39. The summed E-state index contributed by atoms with van der Waals surface area (Å²) in [6, 6.07) is 6.11. The van der Waals surface area contributed by atoms with Crippen LogP contribution in [0.25, 0.3) is 0 Å². The Kier molecular flexibility index (Phi) is 11.3. The molecule has 3 fully saturated rings. The van der Waals surface area contributed by atoms with Gasteiger partial charge in [-0.3, -0.25) is 4.90 Å². The average molecular weight is 492 g/mol. The molecule has 0 amide bonds. The molecule has 3 saturated heterocycles. The highest BCUT2D eigenvalue weighted by molar-refractivity contribution is 5.85. The number of nitrogens with one attached hydrogen (secondary N) is 1. The maximum Gasteiger partial charge on any atom is 0.161 e. The predicted octanol–water partition coefficient (Wildman–Crippen LogP) is 2.33. The second kappa shape index (κ2) is 13.2. The van der Waals surface area contributed by atoms with Gasteiger partial charge in [-0.05, 0) is 43.4 Å². The topological polar surface area (TPSA) is 66.4 Å². The van der Waals surface area contributed by atoms with Crippen LogP contribution in [-0.2, 0) is 11.3 Å². The number of piperidine rings is 1. The highest BCUT2D eigenvalue weighted by atomic mass is 35.5. The van der Waals surface area contributed by atoms with E-state index in [4.69, 9.17) is 14.2 Å². The number of likely N-dealkylation sites (tertiary alicyclic amines) is 1. The normalized spacial score (nSPS) is 22.1. The summed E-state index contributed by atoms with van der Waals surface area (Å²) in [5, 5.41) is 13.9. The molecule has 0 aliphatic carbocycles. The zero-order valence-corrected chi connectivity index (χ0v) is 20.7. The Hall–Kier alpha value is -0.800. The van der Waals surface area contributed by atoms with Gasteiger partial charge < -0.3 is 29.5 Å². The van der Waals surface area contributed by atoms with E-state index in [1.807, 2.05) is 6.07 Å². The molecule has 1 atom stereocenters. The van der Waals surface area contributed by atoms with Gasteiger partial charge in [0.05, 0.1) is 12.7 Å². The van der Waals surface area contributed by atoms with Crippen LogP contribution in [0.3, 0.4) is 0 Å². The number of ether oxygens (including phenoxy) is 3. The van der Waals surface area contributed by atoms with Gasteiger partial charge >= 0.3 is 0 Å². The van der Waals surface area contributed by atoms with Crippen molar-refractivity contribution in [1.29, 1.82) is 0 Å². The summed E-state index contributed by atoms with van der Waals surface area (Å²) >= 11 is 0. The molecule has 1 spiro atoms. The summed E-state index contributed by atoms with van der Waals surface area (Å²) in [7, 11) is 1.67. The number of hydrogen-bond acceptors (Lipinski definition) is 7. The third kappa shape index (κ3) is 7.35. The summed E-state index contributed by atoms with van der Waals surface area (Å²) in [6.45, 7) is 8.93. The Labute approximate surface area is 204 Å². The fourth-order valence-electron chi connectivity index (χ4n) is 4.89. The maximum absolute atomic E-state index is 10.5. The minimum absolute atomic E-state index is 0. The zero-order chi connectivity index (χ0) is 20.8. The zero-order valence-electron chi connectivity index (χ0n) is 19.1. The van der Waals surface area contributed by atoms with Crippen LogP contribution in [0.5, 0.6) is 11.5 Å². The van der Waals surface area contributed by atoms with Crippen molar-refractivity contribution in [1.82, 2.24) is 15.1 Å². The van der Waals surface area contributed by atoms with Crippen molar-refractivity contribution in [2.24, 2.45) is 0 Å². The van der Waals surface area contributed by atoms with Gasteiger partial charge in [-0.1, -0.05) is 6.07 Å². The van der Waals surface area contributed by atoms with Crippen molar-refractivity contribution < 1.29 is 19.3 Å². The molecule has 0 bridgehead atoms. The van der Waals surface area contributed by atoms with Gasteiger partial charge in [0.25, 0.3) is 0 Å². The summed E-state index contributed by atoms with van der Waals surface area (Å²) in [5.41, 5.74) is 1.34. The van der Waals surface area contributed by atoms with E-state index in [0.717, 1.165) is 71.0 Å². The van der Waals surface area contributed by atoms with Crippen molar-refractivity contribution in [2.45, 2.75) is 43.9 Å². The average Bonchev–Trinajstić information content (AvgIpc) is 3.23. The Bertz CT molecular complexity index is 675. The van der Waals surface area contributed by atoms with Crippen molar-refractivity contribution in [3.05, 3.63) is 23.8 Å². The van der Waals surface area contributed by atoms with E-state index < -0.39 is 6.10 Å². The molecule has 2 N–H and O–H groups in total. The Morgan fingerprint density at radius 2 is 1.81 bits per heavy atom. The van der Waals surface area contributed by atoms with Gasteiger partial charge in [0.2, 0.25) is 0 Å². The molecule has 1 aromatic rings. The number of hydrogen-bond donors (Lipinski definition) is 2. The number of methoxy groups -OCH3 is 1. The molecule has 1 unspecified atom stereocenters. The third-order valence-corrected chi connectivity index (χ3v) is 6.70. The second-order valence-corrected chi connectivity index (χ2v) is 8.91. The number of β-amino-alcohol motifs (C(OH)–C–C–N with tert-alkyl or cyclic N) is 1. The lowest BCUT2D eigenvalue weighted by molar-refractivity contribution is -0.0512. The van der Waals surface area contributed by atoms with Crippen LogP contribution in [0.15, 0.2) is 18.2 Å².